The van der Waals surface area contributed by atoms with Crippen molar-refractivity contribution >= 4 is 40.5 Å². The Morgan fingerprint density at radius 2 is 1.86 bits per heavy atom. The molecule has 7 nitrogen and oxygen atoms in total. The summed E-state index contributed by atoms with van der Waals surface area (Å²) in [5, 5.41) is 6.48. The molecule has 2 aliphatic rings. The molecule has 1 unspecified atom stereocenters. The largest absolute Gasteiger partial charge is 0.486 e. The molecule has 2 amide bonds. The van der Waals surface area contributed by atoms with Gasteiger partial charge in [-0.05, 0) is 43.7 Å². The van der Waals surface area contributed by atoms with Crippen molar-refractivity contribution in [3.8, 4) is 11.5 Å². The molecule has 4 rings (SSSR count). The molecule has 2 aliphatic heterocycles. The van der Waals surface area contributed by atoms with E-state index in [0.717, 1.165) is 6.42 Å². The number of hydrogen-bond donors (Lipinski definition) is 2. The maximum absolute atomic E-state index is 12.6. The second kappa shape index (κ2) is 8.21. The molecule has 0 spiro atoms. The van der Waals surface area contributed by atoms with Crippen molar-refractivity contribution < 1.29 is 19.1 Å². The highest BCUT2D eigenvalue weighted by molar-refractivity contribution is 6.34. The third kappa shape index (κ3) is 4.24. The van der Waals surface area contributed by atoms with Gasteiger partial charge in [-0.1, -0.05) is 11.6 Å². The smallest absolute Gasteiger partial charge is 0.246 e. The topological polar surface area (TPSA) is 79.9 Å². The van der Waals surface area contributed by atoms with Gasteiger partial charge in [0, 0.05) is 30.4 Å². The lowest BCUT2D eigenvalue weighted by Crippen LogP contribution is -2.32. The summed E-state index contributed by atoms with van der Waals surface area (Å²) >= 11 is 6.37. The maximum Gasteiger partial charge on any atom is 0.246 e. The highest BCUT2D eigenvalue weighted by Crippen LogP contribution is 2.33. The minimum atomic E-state index is -0.501. The van der Waals surface area contributed by atoms with Crippen LogP contribution in [0.5, 0.6) is 11.5 Å². The summed E-state index contributed by atoms with van der Waals surface area (Å²) < 4.78 is 11.0. The summed E-state index contributed by atoms with van der Waals surface area (Å²) in [6.45, 7) is 3.45. The monoisotopic (exact) mass is 415 g/mol. The van der Waals surface area contributed by atoms with Crippen molar-refractivity contribution in [3.05, 3.63) is 41.4 Å². The van der Waals surface area contributed by atoms with Gasteiger partial charge in [0.2, 0.25) is 11.8 Å². The lowest BCUT2D eigenvalue weighted by molar-refractivity contribution is -0.117. The van der Waals surface area contributed by atoms with Crippen molar-refractivity contribution in [2.45, 2.75) is 25.8 Å². The normalized spacial score (nSPS) is 16.5. The van der Waals surface area contributed by atoms with Crippen LogP contribution in [0.25, 0.3) is 0 Å². The SMILES string of the molecule is CC(Nc1ccc(N2CCCC2=O)c(Cl)c1)C(=O)Nc1ccc2c(c1)OCCO2. The molecule has 0 saturated carbocycles. The van der Waals surface area contributed by atoms with Crippen molar-refractivity contribution in [1.29, 1.82) is 0 Å². The molecule has 29 heavy (non-hydrogen) atoms. The van der Waals surface area contributed by atoms with Crippen LogP contribution in [-0.2, 0) is 9.59 Å². The Labute approximate surface area is 173 Å². The van der Waals surface area contributed by atoms with Crippen LogP contribution in [0.3, 0.4) is 0 Å². The van der Waals surface area contributed by atoms with Crippen molar-refractivity contribution in [1.82, 2.24) is 0 Å². The number of ether oxygens (including phenoxy) is 2. The summed E-state index contributed by atoms with van der Waals surface area (Å²) in [6.07, 6.45) is 1.39. The van der Waals surface area contributed by atoms with E-state index >= 15 is 0 Å². The molecule has 0 aromatic heterocycles. The van der Waals surface area contributed by atoms with E-state index in [1.54, 1.807) is 42.2 Å². The summed E-state index contributed by atoms with van der Waals surface area (Å²) in [5.74, 6) is 1.18. The molecule has 2 aromatic rings. The Balaban J connectivity index is 1.39. The van der Waals surface area contributed by atoms with Crippen LogP contribution in [0.15, 0.2) is 36.4 Å². The molecule has 8 heteroatoms. The predicted octanol–water partition coefficient (Wildman–Crippen LogP) is 3.68. The van der Waals surface area contributed by atoms with Crippen molar-refractivity contribution in [3.63, 3.8) is 0 Å². The molecular weight excluding hydrogens is 394 g/mol. The van der Waals surface area contributed by atoms with Gasteiger partial charge in [-0.15, -0.1) is 0 Å². The van der Waals surface area contributed by atoms with Gasteiger partial charge in [0.15, 0.2) is 11.5 Å². The number of rotatable bonds is 5. The number of amides is 2. The molecule has 2 heterocycles. The lowest BCUT2D eigenvalue weighted by atomic mass is 10.2. The number of carbonyl (C=O) groups is 2. The molecule has 0 radical (unpaired) electrons. The first-order chi connectivity index (χ1) is 14.0. The van der Waals surface area contributed by atoms with E-state index in [1.165, 1.54) is 0 Å². The predicted molar refractivity (Wildman–Crippen MR) is 112 cm³/mol. The molecule has 152 valence electrons. The summed E-state index contributed by atoms with van der Waals surface area (Å²) in [6, 6.07) is 10.2. The Morgan fingerprint density at radius 1 is 1.10 bits per heavy atom. The molecule has 0 bridgehead atoms. The van der Waals surface area contributed by atoms with E-state index in [4.69, 9.17) is 21.1 Å². The minimum absolute atomic E-state index is 0.0831. The van der Waals surface area contributed by atoms with Gasteiger partial charge in [0.25, 0.3) is 0 Å². The van der Waals surface area contributed by atoms with Gasteiger partial charge in [-0.2, -0.15) is 0 Å². The molecule has 1 fully saturated rings. The number of fused-ring (bicyclic) bond motifs is 1. The number of nitrogens with one attached hydrogen (secondary N) is 2. The number of carbonyl (C=O) groups excluding carboxylic acids is 2. The van der Waals surface area contributed by atoms with Crippen LogP contribution in [0, 0.1) is 0 Å². The Hall–Kier alpha value is -2.93. The zero-order valence-corrected chi connectivity index (χ0v) is 16.8. The molecule has 2 N–H and O–H groups in total. The van der Waals surface area contributed by atoms with E-state index in [2.05, 4.69) is 10.6 Å². The standard InChI is InChI=1S/C21H22ClN3O4/c1-13(21(27)24-15-5-7-18-19(12-15)29-10-9-28-18)23-14-4-6-17(16(22)11-14)25-8-2-3-20(25)26/h4-7,11-13,23H,2-3,8-10H2,1H3,(H,24,27). The third-order valence-electron chi connectivity index (χ3n) is 4.90. The van der Waals surface area contributed by atoms with Gasteiger partial charge < -0.3 is 25.0 Å². The first kappa shape index (κ1) is 19.4. The van der Waals surface area contributed by atoms with E-state index in [1.807, 2.05) is 6.07 Å². The van der Waals surface area contributed by atoms with E-state index in [0.29, 0.717) is 59.8 Å². The van der Waals surface area contributed by atoms with Crippen LogP contribution in [0.1, 0.15) is 19.8 Å². The summed E-state index contributed by atoms with van der Waals surface area (Å²) in [4.78, 5) is 26.2. The number of halogens is 1. The highest BCUT2D eigenvalue weighted by Gasteiger charge is 2.24. The van der Waals surface area contributed by atoms with Crippen LogP contribution in [0.2, 0.25) is 5.02 Å². The fraction of sp³-hybridized carbons (Fsp3) is 0.333. The molecule has 1 saturated heterocycles. The zero-order chi connectivity index (χ0) is 20.4. The third-order valence-corrected chi connectivity index (χ3v) is 5.20. The van der Waals surface area contributed by atoms with Crippen molar-refractivity contribution in [2.75, 3.05) is 35.3 Å². The lowest BCUT2D eigenvalue weighted by Gasteiger charge is -2.21. The molecule has 0 aliphatic carbocycles. The van der Waals surface area contributed by atoms with Crippen LogP contribution < -0.4 is 25.0 Å². The average Bonchev–Trinajstić information content (AvgIpc) is 3.13. The Kier molecular flexibility index (Phi) is 5.49. The van der Waals surface area contributed by atoms with Gasteiger partial charge >= 0.3 is 0 Å². The van der Waals surface area contributed by atoms with E-state index < -0.39 is 6.04 Å². The second-order valence-electron chi connectivity index (χ2n) is 7.03. The second-order valence-corrected chi connectivity index (χ2v) is 7.44. The number of anilines is 3. The summed E-state index contributed by atoms with van der Waals surface area (Å²) in [7, 11) is 0. The average molecular weight is 416 g/mol. The number of benzene rings is 2. The Morgan fingerprint density at radius 3 is 2.59 bits per heavy atom. The Bertz CT molecular complexity index is 950. The maximum atomic E-state index is 12.6. The van der Waals surface area contributed by atoms with Gasteiger partial charge in [-0.25, -0.2) is 0 Å². The van der Waals surface area contributed by atoms with Crippen LogP contribution in [0.4, 0.5) is 17.1 Å². The van der Waals surface area contributed by atoms with Crippen LogP contribution in [-0.4, -0.2) is 37.6 Å². The number of nitrogens with zero attached hydrogens (tertiary/aromatic N) is 1. The first-order valence-electron chi connectivity index (χ1n) is 9.58. The fourth-order valence-electron chi connectivity index (χ4n) is 3.41. The van der Waals surface area contributed by atoms with E-state index in [-0.39, 0.29) is 11.8 Å². The van der Waals surface area contributed by atoms with Gasteiger partial charge in [-0.3, -0.25) is 9.59 Å². The highest BCUT2D eigenvalue weighted by atomic mass is 35.5. The zero-order valence-electron chi connectivity index (χ0n) is 16.0. The molecular formula is C21H22ClN3O4. The first-order valence-corrected chi connectivity index (χ1v) is 9.96. The number of hydrogen-bond acceptors (Lipinski definition) is 5. The van der Waals surface area contributed by atoms with Crippen molar-refractivity contribution in [2.24, 2.45) is 0 Å². The summed E-state index contributed by atoms with van der Waals surface area (Å²) in [5.41, 5.74) is 2.04. The molecule has 2 aromatic carbocycles. The van der Waals surface area contributed by atoms with Crippen LogP contribution >= 0.6 is 11.6 Å². The van der Waals surface area contributed by atoms with Gasteiger partial charge in [0.05, 0.1) is 10.7 Å². The van der Waals surface area contributed by atoms with Gasteiger partial charge in [0.1, 0.15) is 19.3 Å². The molecule has 1 atom stereocenters. The quantitative estimate of drug-likeness (QED) is 0.778. The minimum Gasteiger partial charge on any atom is -0.486 e. The van der Waals surface area contributed by atoms with E-state index in [9.17, 15) is 9.59 Å². The fourth-order valence-corrected chi connectivity index (χ4v) is 3.69.